The second-order valence-corrected chi connectivity index (χ2v) is 4.90. The maximum atomic E-state index is 11.7. The number of carbonyl (C=O) groups excluding carboxylic acids is 2. The summed E-state index contributed by atoms with van der Waals surface area (Å²) in [5.74, 6) is 0.444. The summed E-state index contributed by atoms with van der Waals surface area (Å²) < 4.78 is 5.35. The number of rotatable bonds is 8. The quantitative estimate of drug-likeness (QED) is 0.815. The molecule has 22 heavy (non-hydrogen) atoms. The molecule has 0 aliphatic rings. The molecule has 0 aliphatic carbocycles. The van der Waals surface area contributed by atoms with Crippen molar-refractivity contribution in [2.75, 3.05) is 6.61 Å². The number of Topliss-reactive ketones (excluding diaryl/α,β-unsaturated/α-hetero) is 1. The van der Waals surface area contributed by atoms with E-state index in [4.69, 9.17) is 4.74 Å². The monoisotopic (exact) mass is 297 g/mol. The normalized spacial score (nSPS) is 10.0. The first-order chi connectivity index (χ1) is 10.7. The Morgan fingerprint density at radius 3 is 2.18 bits per heavy atom. The Kier molecular flexibility index (Phi) is 6.18. The van der Waals surface area contributed by atoms with Crippen molar-refractivity contribution in [1.82, 2.24) is 5.32 Å². The van der Waals surface area contributed by atoms with E-state index in [2.05, 4.69) is 5.32 Å². The van der Waals surface area contributed by atoms with Crippen LogP contribution in [-0.4, -0.2) is 18.3 Å². The first-order valence-electron chi connectivity index (χ1n) is 7.24. The fourth-order valence-corrected chi connectivity index (χ4v) is 1.89. The number of hydrogen-bond acceptors (Lipinski definition) is 3. The average Bonchev–Trinajstić information content (AvgIpc) is 2.58. The number of carbonyl (C=O) groups is 2. The maximum absolute atomic E-state index is 11.7. The van der Waals surface area contributed by atoms with Crippen LogP contribution in [-0.2, 0) is 16.1 Å². The largest absolute Gasteiger partial charge is 0.486 e. The van der Waals surface area contributed by atoms with Gasteiger partial charge in [0.05, 0.1) is 0 Å². The molecule has 0 atom stereocenters. The number of ether oxygens (including phenoxy) is 1. The van der Waals surface area contributed by atoms with Gasteiger partial charge in [0.25, 0.3) is 0 Å². The highest BCUT2D eigenvalue weighted by atomic mass is 16.5. The SMILES string of the molecule is O=C(CCC(=O)NCc1ccccc1)COc1ccccc1. The number of para-hydroxylation sites is 1. The predicted molar refractivity (Wildman–Crippen MR) is 84.5 cm³/mol. The topological polar surface area (TPSA) is 55.4 Å². The Hall–Kier alpha value is -2.62. The molecular formula is C18H19NO3. The zero-order valence-electron chi connectivity index (χ0n) is 12.3. The van der Waals surface area contributed by atoms with Crippen molar-refractivity contribution in [3.8, 4) is 5.75 Å². The molecule has 0 spiro atoms. The third kappa shape index (κ3) is 5.79. The first-order valence-corrected chi connectivity index (χ1v) is 7.24. The van der Waals surface area contributed by atoms with Gasteiger partial charge in [0.2, 0.25) is 5.91 Å². The van der Waals surface area contributed by atoms with Gasteiger partial charge in [0.15, 0.2) is 5.78 Å². The molecule has 114 valence electrons. The second kappa shape index (κ2) is 8.62. The van der Waals surface area contributed by atoms with Crippen molar-refractivity contribution in [3.05, 3.63) is 66.2 Å². The van der Waals surface area contributed by atoms with Crippen LogP contribution in [0.5, 0.6) is 5.75 Å². The summed E-state index contributed by atoms with van der Waals surface area (Å²) in [5, 5.41) is 2.80. The van der Waals surface area contributed by atoms with Crippen LogP contribution in [0.2, 0.25) is 0 Å². The highest BCUT2D eigenvalue weighted by molar-refractivity contribution is 5.85. The number of benzene rings is 2. The number of hydrogen-bond donors (Lipinski definition) is 1. The highest BCUT2D eigenvalue weighted by Gasteiger charge is 2.07. The summed E-state index contributed by atoms with van der Waals surface area (Å²) in [6.45, 7) is 0.477. The average molecular weight is 297 g/mol. The molecule has 4 heteroatoms. The standard InChI is InChI=1S/C18H19NO3/c20-16(14-22-17-9-5-2-6-10-17)11-12-18(21)19-13-15-7-3-1-4-8-15/h1-10H,11-14H2,(H,19,21). The number of ketones is 1. The van der Waals surface area contributed by atoms with Crippen LogP contribution in [0.25, 0.3) is 0 Å². The minimum Gasteiger partial charge on any atom is -0.486 e. The molecule has 2 aromatic carbocycles. The molecule has 1 amide bonds. The number of amides is 1. The molecule has 0 saturated carbocycles. The Morgan fingerprint density at radius 2 is 1.50 bits per heavy atom. The van der Waals surface area contributed by atoms with Gasteiger partial charge in [0, 0.05) is 19.4 Å². The van der Waals surface area contributed by atoms with Crippen LogP contribution in [0.15, 0.2) is 60.7 Å². The minimum absolute atomic E-state index is 0.00399. The molecule has 0 saturated heterocycles. The zero-order valence-corrected chi connectivity index (χ0v) is 12.3. The lowest BCUT2D eigenvalue weighted by atomic mass is 10.2. The molecule has 2 aromatic rings. The van der Waals surface area contributed by atoms with Crippen molar-refractivity contribution in [2.24, 2.45) is 0 Å². The molecule has 2 rings (SSSR count). The fraction of sp³-hybridized carbons (Fsp3) is 0.222. The molecule has 1 N–H and O–H groups in total. The van der Waals surface area contributed by atoms with E-state index in [-0.39, 0.29) is 31.1 Å². The molecule has 0 aromatic heterocycles. The summed E-state index contributed by atoms with van der Waals surface area (Å²) in [7, 11) is 0. The van der Waals surface area contributed by atoms with Crippen molar-refractivity contribution >= 4 is 11.7 Å². The zero-order chi connectivity index (χ0) is 15.6. The lowest BCUT2D eigenvalue weighted by Gasteiger charge is -2.06. The van der Waals surface area contributed by atoms with Crippen molar-refractivity contribution in [2.45, 2.75) is 19.4 Å². The molecule has 0 fully saturated rings. The third-order valence-electron chi connectivity index (χ3n) is 3.11. The van der Waals surface area contributed by atoms with Gasteiger partial charge < -0.3 is 10.1 Å². The van der Waals surface area contributed by atoms with Crippen LogP contribution >= 0.6 is 0 Å². The van der Waals surface area contributed by atoms with Gasteiger partial charge in [-0.15, -0.1) is 0 Å². The summed E-state index contributed by atoms with van der Waals surface area (Å²) >= 11 is 0. The van der Waals surface area contributed by atoms with E-state index in [0.29, 0.717) is 12.3 Å². The Bertz CT molecular complexity index is 541. The van der Waals surface area contributed by atoms with Crippen molar-refractivity contribution in [1.29, 1.82) is 0 Å². The maximum Gasteiger partial charge on any atom is 0.220 e. The summed E-state index contributed by atoms with van der Waals surface area (Å²) in [6.07, 6.45) is 0.372. The van der Waals surface area contributed by atoms with E-state index in [1.165, 1.54) is 0 Å². The Morgan fingerprint density at radius 1 is 0.864 bits per heavy atom. The van der Waals surface area contributed by atoms with Gasteiger partial charge >= 0.3 is 0 Å². The van der Waals surface area contributed by atoms with E-state index >= 15 is 0 Å². The fourth-order valence-electron chi connectivity index (χ4n) is 1.89. The van der Waals surface area contributed by atoms with Crippen LogP contribution in [0, 0.1) is 0 Å². The molecule has 4 nitrogen and oxygen atoms in total. The number of nitrogens with one attached hydrogen (secondary N) is 1. The van der Waals surface area contributed by atoms with Crippen LogP contribution in [0.4, 0.5) is 0 Å². The van der Waals surface area contributed by atoms with Gasteiger partial charge in [-0.2, -0.15) is 0 Å². The minimum atomic E-state index is -0.128. The summed E-state index contributed by atoms with van der Waals surface area (Å²) in [6, 6.07) is 18.8. The molecule has 0 heterocycles. The predicted octanol–water partition coefficient (Wildman–Crippen LogP) is 2.73. The van der Waals surface area contributed by atoms with E-state index in [9.17, 15) is 9.59 Å². The second-order valence-electron chi connectivity index (χ2n) is 4.90. The van der Waals surface area contributed by atoms with E-state index in [1.54, 1.807) is 12.1 Å². The van der Waals surface area contributed by atoms with E-state index in [0.717, 1.165) is 5.56 Å². The van der Waals surface area contributed by atoms with Crippen LogP contribution in [0.1, 0.15) is 18.4 Å². The Labute approximate surface area is 130 Å². The van der Waals surface area contributed by atoms with E-state index in [1.807, 2.05) is 48.5 Å². The molecule has 0 aliphatic heterocycles. The molecule has 0 unspecified atom stereocenters. The molecular weight excluding hydrogens is 278 g/mol. The van der Waals surface area contributed by atoms with E-state index < -0.39 is 0 Å². The smallest absolute Gasteiger partial charge is 0.220 e. The van der Waals surface area contributed by atoms with Crippen molar-refractivity contribution < 1.29 is 14.3 Å². The van der Waals surface area contributed by atoms with Crippen LogP contribution in [0.3, 0.4) is 0 Å². The van der Waals surface area contributed by atoms with Gasteiger partial charge in [0.1, 0.15) is 12.4 Å². The van der Waals surface area contributed by atoms with Crippen molar-refractivity contribution in [3.63, 3.8) is 0 Å². The molecule has 0 bridgehead atoms. The van der Waals surface area contributed by atoms with Gasteiger partial charge in [-0.05, 0) is 17.7 Å². The van der Waals surface area contributed by atoms with Gasteiger partial charge in [-0.25, -0.2) is 0 Å². The first kappa shape index (κ1) is 15.8. The van der Waals surface area contributed by atoms with Gasteiger partial charge in [-0.1, -0.05) is 48.5 Å². The third-order valence-corrected chi connectivity index (χ3v) is 3.11. The summed E-state index contributed by atoms with van der Waals surface area (Å²) in [5.41, 5.74) is 1.04. The summed E-state index contributed by atoms with van der Waals surface area (Å²) in [4.78, 5) is 23.4. The van der Waals surface area contributed by atoms with Crippen LogP contribution < -0.4 is 10.1 Å². The Balaban J connectivity index is 1.62. The lowest BCUT2D eigenvalue weighted by molar-refractivity contribution is -0.126. The molecule has 0 radical (unpaired) electrons. The lowest BCUT2D eigenvalue weighted by Crippen LogP contribution is -2.24. The van der Waals surface area contributed by atoms with Gasteiger partial charge in [-0.3, -0.25) is 9.59 Å². The highest BCUT2D eigenvalue weighted by Crippen LogP contribution is 2.08.